The highest BCUT2D eigenvalue weighted by Crippen LogP contribution is 2.33. The van der Waals surface area contributed by atoms with E-state index in [-0.39, 0.29) is 29.9 Å². The summed E-state index contributed by atoms with van der Waals surface area (Å²) in [5.41, 5.74) is -1.81. The summed E-state index contributed by atoms with van der Waals surface area (Å²) in [5, 5.41) is 12.2. The minimum atomic E-state index is -4.70. The molecule has 0 aliphatic carbocycles. The summed E-state index contributed by atoms with van der Waals surface area (Å²) in [6, 6.07) is 3.68. The van der Waals surface area contributed by atoms with Crippen molar-refractivity contribution in [2.24, 2.45) is 0 Å². The Bertz CT molecular complexity index is 757. The topological polar surface area (TPSA) is 73.2 Å². The Morgan fingerprint density at radius 1 is 1.31 bits per heavy atom. The molecule has 0 unspecified atom stereocenters. The van der Waals surface area contributed by atoms with Crippen LogP contribution in [0.15, 0.2) is 23.1 Å². The van der Waals surface area contributed by atoms with Crippen LogP contribution in [-0.2, 0) is 16.2 Å². The Morgan fingerprint density at radius 3 is 2.42 bits per heavy atom. The first kappa shape index (κ1) is 22.7. The van der Waals surface area contributed by atoms with E-state index in [1.165, 1.54) is 10.4 Å². The molecule has 1 aliphatic heterocycles. The fourth-order valence-corrected chi connectivity index (χ4v) is 4.78. The number of rotatable bonds is 5. The molecule has 26 heavy (non-hydrogen) atoms. The monoisotopic (exact) mass is 411 g/mol. The van der Waals surface area contributed by atoms with E-state index in [0.29, 0.717) is 38.4 Å². The SMILES string of the molecule is CCCN(C1CCNCC1)S(=O)(=O)c1ccc(C(F)(F)F)c(C#N)c1.Cl. The van der Waals surface area contributed by atoms with Gasteiger partial charge in [0.25, 0.3) is 0 Å². The minimum Gasteiger partial charge on any atom is -0.317 e. The lowest BCUT2D eigenvalue weighted by atomic mass is 10.1. The third-order valence-electron chi connectivity index (χ3n) is 4.18. The van der Waals surface area contributed by atoms with Gasteiger partial charge in [0.05, 0.1) is 22.1 Å². The van der Waals surface area contributed by atoms with Crippen molar-refractivity contribution in [3.63, 3.8) is 0 Å². The molecule has 0 aromatic heterocycles. The van der Waals surface area contributed by atoms with Crippen molar-refractivity contribution < 1.29 is 21.6 Å². The van der Waals surface area contributed by atoms with Crippen LogP contribution in [-0.4, -0.2) is 38.4 Å². The Labute approximate surface area is 157 Å². The zero-order chi connectivity index (χ0) is 18.7. The number of sulfonamides is 1. The number of benzene rings is 1. The van der Waals surface area contributed by atoms with E-state index in [1.54, 1.807) is 0 Å². The highest BCUT2D eigenvalue weighted by atomic mass is 35.5. The molecule has 0 amide bonds. The van der Waals surface area contributed by atoms with Crippen molar-refractivity contribution in [1.82, 2.24) is 9.62 Å². The van der Waals surface area contributed by atoms with Gasteiger partial charge in [0.2, 0.25) is 10.0 Å². The summed E-state index contributed by atoms with van der Waals surface area (Å²) >= 11 is 0. The van der Waals surface area contributed by atoms with Crippen LogP contribution in [0.1, 0.15) is 37.3 Å². The molecule has 0 radical (unpaired) electrons. The third-order valence-corrected chi connectivity index (χ3v) is 6.13. The number of piperidine rings is 1. The Kier molecular flexibility index (Phi) is 7.89. The highest BCUT2D eigenvalue weighted by molar-refractivity contribution is 7.89. The number of nitrogens with zero attached hydrogens (tertiary/aromatic N) is 2. The second-order valence-electron chi connectivity index (χ2n) is 5.91. The molecule has 0 saturated carbocycles. The van der Waals surface area contributed by atoms with E-state index in [4.69, 9.17) is 5.26 Å². The summed E-state index contributed by atoms with van der Waals surface area (Å²) in [6.45, 7) is 3.51. The van der Waals surface area contributed by atoms with Gasteiger partial charge in [0, 0.05) is 12.6 Å². The van der Waals surface area contributed by atoms with Crippen molar-refractivity contribution in [2.45, 2.75) is 43.3 Å². The van der Waals surface area contributed by atoms with Crippen LogP contribution in [0.2, 0.25) is 0 Å². The van der Waals surface area contributed by atoms with Crippen LogP contribution in [0, 0.1) is 11.3 Å². The van der Waals surface area contributed by atoms with E-state index in [1.807, 2.05) is 6.92 Å². The largest absolute Gasteiger partial charge is 0.417 e. The van der Waals surface area contributed by atoms with E-state index in [0.717, 1.165) is 12.1 Å². The zero-order valence-electron chi connectivity index (χ0n) is 14.2. The second-order valence-corrected chi connectivity index (χ2v) is 7.80. The van der Waals surface area contributed by atoms with Crippen molar-refractivity contribution in [3.05, 3.63) is 29.3 Å². The number of nitrogens with one attached hydrogen (secondary N) is 1. The number of hydrogen-bond donors (Lipinski definition) is 1. The summed E-state index contributed by atoms with van der Waals surface area (Å²) in [7, 11) is -3.97. The molecule has 1 heterocycles. The Balaban J connectivity index is 0.00000338. The van der Waals surface area contributed by atoms with Crippen LogP contribution in [0.4, 0.5) is 13.2 Å². The van der Waals surface area contributed by atoms with Crippen molar-refractivity contribution in [3.8, 4) is 6.07 Å². The maximum atomic E-state index is 13.0. The molecular weight excluding hydrogens is 391 g/mol. The predicted octanol–water partition coefficient (Wildman–Crippen LogP) is 3.15. The first-order chi connectivity index (χ1) is 11.7. The van der Waals surface area contributed by atoms with Gasteiger partial charge in [-0.15, -0.1) is 12.4 Å². The predicted molar refractivity (Wildman–Crippen MR) is 93.5 cm³/mol. The summed E-state index contributed by atoms with van der Waals surface area (Å²) in [5.74, 6) is 0. The fraction of sp³-hybridized carbons (Fsp3) is 0.562. The number of alkyl halides is 3. The molecule has 146 valence electrons. The molecule has 1 aromatic rings. The lowest BCUT2D eigenvalue weighted by Gasteiger charge is -2.33. The highest BCUT2D eigenvalue weighted by Gasteiger charge is 2.36. The van der Waals surface area contributed by atoms with Gasteiger partial charge in [-0.05, 0) is 50.6 Å². The van der Waals surface area contributed by atoms with Gasteiger partial charge >= 0.3 is 6.18 Å². The molecular formula is C16H21ClF3N3O2S. The van der Waals surface area contributed by atoms with Gasteiger partial charge in [0.1, 0.15) is 0 Å². The lowest BCUT2D eigenvalue weighted by Crippen LogP contribution is -2.46. The zero-order valence-corrected chi connectivity index (χ0v) is 15.8. The molecule has 1 fully saturated rings. The van der Waals surface area contributed by atoms with E-state index >= 15 is 0 Å². The number of nitriles is 1. The second kappa shape index (κ2) is 9.04. The fourth-order valence-electron chi connectivity index (χ4n) is 2.97. The van der Waals surface area contributed by atoms with Gasteiger partial charge in [0.15, 0.2) is 0 Å². The van der Waals surface area contributed by atoms with Crippen LogP contribution >= 0.6 is 12.4 Å². The third kappa shape index (κ3) is 4.88. The molecule has 1 aromatic carbocycles. The van der Waals surface area contributed by atoms with Gasteiger partial charge in [-0.25, -0.2) is 8.42 Å². The van der Waals surface area contributed by atoms with Gasteiger partial charge in [-0.3, -0.25) is 0 Å². The standard InChI is InChI=1S/C16H20F3N3O2S.ClH/c1-2-9-22(13-5-7-21-8-6-13)25(23,24)14-3-4-15(16(17,18)19)12(10-14)11-20;/h3-4,10,13,21H,2,5-9H2,1H3;1H. The average molecular weight is 412 g/mol. The molecule has 2 rings (SSSR count). The van der Waals surface area contributed by atoms with Crippen LogP contribution in [0.5, 0.6) is 0 Å². The normalized spacial score (nSPS) is 16.2. The lowest BCUT2D eigenvalue weighted by molar-refractivity contribution is -0.137. The molecule has 0 spiro atoms. The quantitative estimate of drug-likeness (QED) is 0.807. The Morgan fingerprint density at radius 2 is 1.92 bits per heavy atom. The molecule has 0 atom stereocenters. The molecule has 5 nitrogen and oxygen atoms in total. The maximum absolute atomic E-state index is 13.0. The molecule has 1 saturated heterocycles. The van der Waals surface area contributed by atoms with E-state index in [2.05, 4.69) is 5.32 Å². The Hall–Kier alpha value is -1.34. The van der Waals surface area contributed by atoms with Gasteiger partial charge in [-0.1, -0.05) is 6.92 Å². The average Bonchev–Trinajstić information content (AvgIpc) is 2.58. The summed E-state index contributed by atoms with van der Waals surface area (Å²) in [6.07, 6.45) is -2.82. The first-order valence-electron chi connectivity index (χ1n) is 8.05. The number of halogens is 4. The van der Waals surface area contributed by atoms with Crippen molar-refractivity contribution >= 4 is 22.4 Å². The van der Waals surface area contributed by atoms with Gasteiger partial charge in [-0.2, -0.15) is 22.7 Å². The molecule has 0 bridgehead atoms. The molecule has 1 aliphatic rings. The summed E-state index contributed by atoms with van der Waals surface area (Å²) in [4.78, 5) is -0.274. The minimum absolute atomic E-state index is 0. The van der Waals surface area contributed by atoms with E-state index < -0.39 is 27.3 Å². The first-order valence-corrected chi connectivity index (χ1v) is 9.49. The van der Waals surface area contributed by atoms with Crippen LogP contribution in [0.25, 0.3) is 0 Å². The summed E-state index contributed by atoms with van der Waals surface area (Å²) < 4.78 is 66.0. The van der Waals surface area contributed by atoms with Crippen LogP contribution < -0.4 is 5.32 Å². The van der Waals surface area contributed by atoms with E-state index in [9.17, 15) is 21.6 Å². The van der Waals surface area contributed by atoms with Crippen molar-refractivity contribution in [2.75, 3.05) is 19.6 Å². The molecule has 1 N–H and O–H groups in total. The maximum Gasteiger partial charge on any atom is 0.417 e. The van der Waals surface area contributed by atoms with Gasteiger partial charge < -0.3 is 5.32 Å². The molecule has 10 heteroatoms. The van der Waals surface area contributed by atoms with Crippen molar-refractivity contribution in [1.29, 1.82) is 5.26 Å². The number of hydrogen-bond acceptors (Lipinski definition) is 4. The smallest absolute Gasteiger partial charge is 0.317 e. The van der Waals surface area contributed by atoms with Crippen LogP contribution in [0.3, 0.4) is 0 Å².